The summed E-state index contributed by atoms with van der Waals surface area (Å²) in [4.78, 5) is 19.6. The van der Waals surface area contributed by atoms with Gasteiger partial charge in [-0.15, -0.1) is 0 Å². The first kappa shape index (κ1) is 14.5. The van der Waals surface area contributed by atoms with Gasteiger partial charge in [0.1, 0.15) is 5.82 Å². The van der Waals surface area contributed by atoms with E-state index < -0.39 is 5.91 Å². The second kappa shape index (κ2) is 5.54. The van der Waals surface area contributed by atoms with E-state index in [4.69, 9.17) is 26.8 Å². The molecule has 0 unspecified atom stereocenters. The Kier molecular flexibility index (Phi) is 3.35. The first-order chi connectivity index (χ1) is 11.6. The number of nitrogens with zero attached hydrogens (tertiary/aromatic N) is 2. The summed E-state index contributed by atoms with van der Waals surface area (Å²) in [5, 5.41) is 4.01. The molecule has 1 aromatic heterocycles. The molecule has 3 N–H and O–H groups in total. The van der Waals surface area contributed by atoms with E-state index in [1.807, 2.05) is 0 Å². The number of carbonyl (C=O) groups excluding carboxylic acids is 1. The van der Waals surface area contributed by atoms with E-state index in [2.05, 4.69) is 15.3 Å². The third-order valence-electron chi connectivity index (χ3n) is 3.59. The molecule has 4 rings (SSSR count). The van der Waals surface area contributed by atoms with Crippen LogP contribution in [0, 0.1) is 0 Å². The third kappa shape index (κ3) is 2.55. The fourth-order valence-corrected chi connectivity index (χ4v) is 2.62. The highest BCUT2D eigenvalue weighted by molar-refractivity contribution is 6.28. The fourth-order valence-electron chi connectivity index (χ4n) is 2.44. The van der Waals surface area contributed by atoms with E-state index in [0.29, 0.717) is 28.4 Å². The molecule has 2 heterocycles. The molecule has 0 atom stereocenters. The van der Waals surface area contributed by atoms with E-state index in [0.717, 1.165) is 11.1 Å². The number of hydrogen-bond donors (Lipinski definition) is 2. The van der Waals surface area contributed by atoms with Crippen molar-refractivity contribution in [1.29, 1.82) is 0 Å². The summed E-state index contributed by atoms with van der Waals surface area (Å²) in [7, 11) is 0. The van der Waals surface area contributed by atoms with Gasteiger partial charge in [-0.25, -0.2) is 4.98 Å². The lowest BCUT2D eigenvalue weighted by atomic mass is 10.2. The molecule has 8 heteroatoms. The van der Waals surface area contributed by atoms with Gasteiger partial charge in [0.25, 0.3) is 0 Å². The van der Waals surface area contributed by atoms with Crippen molar-refractivity contribution in [2.45, 2.75) is 0 Å². The smallest absolute Gasteiger partial charge is 0.248 e. The Hall–Kier alpha value is -3.06. The Morgan fingerprint density at radius 2 is 1.83 bits per heavy atom. The number of ether oxygens (including phenoxy) is 2. The maximum atomic E-state index is 11.1. The molecule has 0 radical (unpaired) electrons. The average molecular weight is 343 g/mol. The van der Waals surface area contributed by atoms with Crippen LogP contribution in [0.1, 0.15) is 10.4 Å². The molecule has 2 aromatic carbocycles. The lowest BCUT2D eigenvalue weighted by Gasteiger charge is -2.10. The standard InChI is InChI=1S/C16H11ClN4O3/c17-16-20-11-6-13-12(23-7-24-13)5-10(11)15(21-16)19-9-3-1-8(2-4-9)14(18)22/h1-6H,7H2,(H2,18,22)(H,19,20,21). The minimum Gasteiger partial charge on any atom is -0.454 e. The third-order valence-corrected chi connectivity index (χ3v) is 3.76. The first-order valence-electron chi connectivity index (χ1n) is 7.04. The summed E-state index contributed by atoms with van der Waals surface area (Å²) < 4.78 is 10.7. The van der Waals surface area contributed by atoms with Crippen LogP contribution >= 0.6 is 11.6 Å². The highest BCUT2D eigenvalue weighted by Crippen LogP contribution is 2.38. The van der Waals surface area contributed by atoms with Gasteiger partial charge >= 0.3 is 0 Å². The quantitative estimate of drug-likeness (QED) is 0.710. The number of hydrogen-bond acceptors (Lipinski definition) is 6. The molecular weight excluding hydrogens is 332 g/mol. The van der Waals surface area contributed by atoms with Crippen LogP contribution in [0.5, 0.6) is 11.5 Å². The number of primary amides is 1. The second-order valence-electron chi connectivity index (χ2n) is 5.13. The van der Waals surface area contributed by atoms with Crippen LogP contribution in [0.25, 0.3) is 10.9 Å². The number of aromatic nitrogens is 2. The molecule has 0 spiro atoms. The number of rotatable bonds is 3. The monoisotopic (exact) mass is 342 g/mol. The molecule has 1 aliphatic rings. The van der Waals surface area contributed by atoms with Gasteiger partial charge in [0, 0.05) is 22.7 Å². The van der Waals surface area contributed by atoms with Crippen LogP contribution < -0.4 is 20.5 Å². The van der Waals surface area contributed by atoms with Gasteiger partial charge in [0.2, 0.25) is 18.0 Å². The number of carbonyl (C=O) groups is 1. The van der Waals surface area contributed by atoms with Crippen molar-refractivity contribution in [3.63, 3.8) is 0 Å². The highest BCUT2D eigenvalue weighted by atomic mass is 35.5. The number of anilines is 2. The number of amides is 1. The van der Waals surface area contributed by atoms with Gasteiger partial charge in [-0.3, -0.25) is 4.79 Å². The van der Waals surface area contributed by atoms with Crippen LogP contribution in [0.2, 0.25) is 5.28 Å². The molecule has 0 saturated heterocycles. The van der Waals surface area contributed by atoms with Gasteiger partial charge in [0.05, 0.1) is 5.52 Å². The topological polar surface area (TPSA) is 99.4 Å². The Balaban J connectivity index is 1.76. The van der Waals surface area contributed by atoms with E-state index in [1.165, 1.54) is 0 Å². The Bertz CT molecular complexity index is 960. The van der Waals surface area contributed by atoms with Crippen molar-refractivity contribution in [3.05, 3.63) is 47.2 Å². The molecule has 120 valence electrons. The minimum atomic E-state index is -0.482. The van der Waals surface area contributed by atoms with Gasteiger partial charge in [-0.05, 0) is 41.9 Å². The number of benzene rings is 2. The van der Waals surface area contributed by atoms with Crippen molar-refractivity contribution in [2.24, 2.45) is 5.73 Å². The number of halogens is 1. The Morgan fingerprint density at radius 3 is 2.54 bits per heavy atom. The van der Waals surface area contributed by atoms with E-state index in [9.17, 15) is 4.79 Å². The molecule has 0 fully saturated rings. The highest BCUT2D eigenvalue weighted by Gasteiger charge is 2.17. The molecule has 7 nitrogen and oxygen atoms in total. The summed E-state index contributed by atoms with van der Waals surface area (Å²) in [5.41, 5.74) is 7.03. The van der Waals surface area contributed by atoms with E-state index in [-0.39, 0.29) is 12.1 Å². The Labute approximate surface area is 141 Å². The van der Waals surface area contributed by atoms with Gasteiger partial charge < -0.3 is 20.5 Å². The zero-order valence-corrected chi connectivity index (χ0v) is 13.0. The summed E-state index contributed by atoms with van der Waals surface area (Å²) in [6, 6.07) is 10.3. The van der Waals surface area contributed by atoms with Crippen molar-refractivity contribution in [1.82, 2.24) is 9.97 Å². The maximum absolute atomic E-state index is 11.1. The zero-order valence-electron chi connectivity index (χ0n) is 12.2. The van der Waals surface area contributed by atoms with Crippen molar-refractivity contribution >= 4 is 39.9 Å². The lowest BCUT2D eigenvalue weighted by Crippen LogP contribution is -2.10. The molecule has 24 heavy (non-hydrogen) atoms. The van der Waals surface area contributed by atoms with Crippen LogP contribution in [0.4, 0.5) is 11.5 Å². The van der Waals surface area contributed by atoms with Crippen LogP contribution in [0.15, 0.2) is 36.4 Å². The second-order valence-corrected chi connectivity index (χ2v) is 5.47. The molecular formula is C16H11ClN4O3. The van der Waals surface area contributed by atoms with Gasteiger partial charge in [0.15, 0.2) is 11.5 Å². The normalized spacial score (nSPS) is 12.4. The van der Waals surface area contributed by atoms with Crippen molar-refractivity contribution < 1.29 is 14.3 Å². The SMILES string of the molecule is NC(=O)c1ccc(Nc2nc(Cl)nc3cc4c(cc23)OCO4)cc1. The summed E-state index contributed by atoms with van der Waals surface area (Å²) >= 11 is 6.01. The van der Waals surface area contributed by atoms with Crippen LogP contribution in [0.3, 0.4) is 0 Å². The number of nitrogens with one attached hydrogen (secondary N) is 1. The number of fused-ring (bicyclic) bond motifs is 2. The maximum Gasteiger partial charge on any atom is 0.248 e. The Morgan fingerprint density at radius 1 is 1.12 bits per heavy atom. The van der Waals surface area contributed by atoms with Gasteiger partial charge in [-0.1, -0.05) is 0 Å². The predicted molar refractivity (Wildman–Crippen MR) is 88.9 cm³/mol. The summed E-state index contributed by atoms with van der Waals surface area (Å²) in [5.74, 6) is 1.29. The molecule has 0 aliphatic carbocycles. The van der Waals surface area contributed by atoms with Crippen LogP contribution in [-0.4, -0.2) is 22.7 Å². The molecule has 0 saturated carbocycles. The largest absolute Gasteiger partial charge is 0.454 e. The lowest BCUT2D eigenvalue weighted by molar-refractivity contribution is 0.100. The summed E-state index contributed by atoms with van der Waals surface area (Å²) in [6.45, 7) is 0.171. The summed E-state index contributed by atoms with van der Waals surface area (Å²) in [6.07, 6.45) is 0. The predicted octanol–water partition coefficient (Wildman–Crippen LogP) is 2.85. The molecule has 3 aromatic rings. The van der Waals surface area contributed by atoms with Gasteiger partial charge in [-0.2, -0.15) is 4.98 Å². The number of nitrogens with two attached hydrogens (primary N) is 1. The average Bonchev–Trinajstić information content (AvgIpc) is 3.00. The molecule has 1 aliphatic heterocycles. The zero-order chi connectivity index (χ0) is 16.7. The van der Waals surface area contributed by atoms with Crippen LogP contribution in [-0.2, 0) is 0 Å². The van der Waals surface area contributed by atoms with Crippen molar-refractivity contribution in [2.75, 3.05) is 12.1 Å². The molecule has 1 amide bonds. The van der Waals surface area contributed by atoms with Crippen molar-refractivity contribution in [3.8, 4) is 11.5 Å². The van der Waals surface area contributed by atoms with E-state index in [1.54, 1.807) is 36.4 Å². The fraction of sp³-hybridized carbons (Fsp3) is 0.0625. The first-order valence-corrected chi connectivity index (χ1v) is 7.42. The molecule has 0 bridgehead atoms. The minimum absolute atomic E-state index is 0.109. The van der Waals surface area contributed by atoms with E-state index >= 15 is 0 Å².